The molecule has 3 aromatic rings. The number of likely N-dealkylation sites (tertiary alicyclic amines) is 1. The number of ketones is 1. The molecule has 23 nitrogen and oxygen atoms in total. The van der Waals surface area contributed by atoms with Crippen molar-refractivity contribution in [3.05, 3.63) is 68.0 Å². The van der Waals surface area contributed by atoms with Gasteiger partial charge in [-0.25, -0.2) is 9.55 Å². The molecule has 5 heterocycles. The van der Waals surface area contributed by atoms with Crippen LogP contribution in [0.5, 0.6) is 17.2 Å². The number of amides is 1. The number of aliphatic hydroxyl groups excluding tert-OH is 2. The van der Waals surface area contributed by atoms with Crippen LogP contribution in [0.4, 0.5) is 11.5 Å². The number of aromatic nitrogens is 2. The van der Waals surface area contributed by atoms with Crippen LogP contribution in [0.3, 0.4) is 0 Å². The van der Waals surface area contributed by atoms with E-state index in [4.69, 9.17) is 28.9 Å². The number of carbonyl (C=O) groups excluding carboxylic acids is 3. The third-order valence-electron chi connectivity index (χ3n) is 15.0. The first-order valence-electron chi connectivity index (χ1n) is 23.7. The highest BCUT2D eigenvalue weighted by atomic mass is 32.2. The summed E-state index contributed by atoms with van der Waals surface area (Å²) in [6, 6.07) is 0. The van der Waals surface area contributed by atoms with E-state index in [1.165, 1.54) is 77.8 Å². The summed E-state index contributed by atoms with van der Waals surface area (Å²) in [4.78, 5) is 69.0. The number of aliphatic hydroxyl groups is 2. The summed E-state index contributed by atoms with van der Waals surface area (Å²) in [6.07, 6.45) is 0.139. The summed E-state index contributed by atoms with van der Waals surface area (Å²) < 4.78 is 61.8. The van der Waals surface area contributed by atoms with Crippen LogP contribution >= 0.6 is 0 Å². The van der Waals surface area contributed by atoms with Gasteiger partial charge in [0.1, 0.15) is 41.4 Å². The van der Waals surface area contributed by atoms with Crippen LogP contribution in [0.25, 0.3) is 10.8 Å². The van der Waals surface area contributed by atoms with E-state index >= 15 is 0 Å². The minimum Gasteiger partial charge on any atom is -0.507 e. The predicted molar refractivity (Wildman–Crippen MR) is 257 cm³/mol. The third kappa shape index (κ3) is 9.78. The van der Waals surface area contributed by atoms with E-state index in [1.54, 1.807) is 20.8 Å². The van der Waals surface area contributed by atoms with Crippen LogP contribution in [0.2, 0.25) is 0 Å². The number of benzene rings is 2. The van der Waals surface area contributed by atoms with Crippen molar-refractivity contribution < 1.29 is 71.7 Å². The van der Waals surface area contributed by atoms with E-state index in [1.807, 2.05) is 0 Å². The fraction of sp³-hybridized carbons (Fsp3) is 0.583. The first-order chi connectivity index (χ1) is 33.7. The summed E-state index contributed by atoms with van der Waals surface area (Å²) in [5.74, 6) is -9.25. The largest absolute Gasteiger partial charge is 0.507 e. The Hall–Kier alpha value is -6.05. The van der Waals surface area contributed by atoms with Crippen molar-refractivity contribution in [2.45, 2.75) is 129 Å². The van der Waals surface area contributed by atoms with Gasteiger partial charge in [0.2, 0.25) is 0 Å². The van der Waals surface area contributed by atoms with Crippen LogP contribution in [0.15, 0.2) is 40.2 Å². The van der Waals surface area contributed by atoms with Crippen LogP contribution in [-0.2, 0) is 40.5 Å². The second-order valence-corrected chi connectivity index (χ2v) is 21.2. The number of anilines is 1. The molecular weight excluding hydrogens is 963 g/mol. The van der Waals surface area contributed by atoms with Gasteiger partial charge in [-0.1, -0.05) is 33.8 Å². The Morgan fingerprint density at radius 2 is 1.61 bits per heavy atom. The SMILES string of the molecule is CO[C@H]1C=CO[C@@]2(C)Oc3c(C)c(O)c4c(O)c(c5c(c4c3C2=O)=NC2(CCN(CCn3c([N+](=O)[O-])cnc3C)CC2)N=5)NC(=O)C(C)=CCC(S(=O)(=O)O)[C@H](C)[C@H](O)[C@@H](C)[C@@H](O)[C@@H](C)[C@H](OC(C)=O)[C@@H]1C. The maximum Gasteiger partial charge on any atom is 0.342 e. The fourth-order valence-electron chi connectivity index (χ4n) is 10.5. The maximum atomic E-state index is 14.9. The Morgan fingerprint density at radius 3 is 2.22 bits per heavy atom. The minimum absolute atomic E-state index is 0.0320. The molecule has 72 heavy (non-hydrogen) atoms. The Morgan fingerprint density at radius 1 is 0.972 bits per heavy atom. The number of imidazole rings is 1. The molecule has 4 aliphatic rings. The summed E-state index contributed by atoms with van der Waals surface area (Å²) >= 11 is 0. The van der Waals surface area contributed by atoms with E-state index < -0.39 is 115 Å². The number of aromatic hydroxyl groups is 2. The zero-order valence-corrected chi connectivity index (χ0v) is 42.6. The fourth-order valence-corrected chi connectivity index (χ4v) is 11.5. The molecule has 0 saturated carbocycles. The number of nitro groups is 1. The number of fused-ring (bicyclic) bond motifs is 1. The van der Waals surface area contributed by atoms with E-state index in [0.717, 1.165) is 0 Å². The Labute approximate surface area is 415 Å². The number of allylic oxidation sites excluding steroid dienone is 1. The number of nitrogens with one attached hydrogen (secondary N) is 1. The topological polar surface area (TPSA) is 324 Å². The molecule has 10 atom stereocenters. The number of rotatable bonds is 7. The zero-order valence-electron chi connectivity index (χ0n) is 41.8. The Balaban J connectivity index is 1.37. The van der Waals surface area contributed by atoms with Crippen molar-refractivity contribution >= 4 is 50.1 Å². The highest BCUT2D eigenvalue weighted by Crippen LogP contribution is 2.50. The quantitative estimate of drug-likeness (QED) is 0.0650. The number of hydrogen-bond acceptors (Lipinski definition) is 19. The summed E-state index contributed by atoms with van der Waals surface area (Å²) in [6.45, 7) is 14.7. The lowest BCUT2D eigenvalue weighted by molar-refractivity contribution is -0.392. The molecule has 1 spiro atoms. The molecule has 6 N–H and O–H groups in total. The van der Waals surface area contributed by atoms with Crippen molar-refractivity contribution in [2.75, 3.05) is 32.1 Å². The zero-order chi connectivity index (χ0) is 53.1. The van der Waals surface area contributed by atoms with Gasteiger partial charge in [-0.2, -0.15) is 8.42 Å². The number of nitrogens with zero attached hydrogens (tertiary/aromatic N) is 6. The molecule has 4 aliphatic heterocycles. The lowest BCUT2D eigenvalue weighted by Gasteiger charge is -2.39. The predicted octanol–water partition coefficient (Wildman–Crippen LogP) is 3.30. The molecule has 0 aliphatic carbocycles. The average Bonchev–Trinajstić information content (AvgIpc) is 3.97. The molecule has 0 radical (unpaired) electrons. The van der Waals surface area contributed by atoms with Crippen molar-refractivity contribution in [3.63, 3.8) is 0 Å². The number of phenolic OH excluding ortho intramolecular Hbond substituents is 2. The average molecular weight is 1030 g/mol. The molecule has 1 saturated heterocycles. The molecule has 2 aromatic carbocycles. The standard InChI is InChI=1S/C48H63N7O16S/c1-22-11-12-31(72(65,66)67)24(3)39(57)25(4)40(58)26(5)43(70-29(8)56)23(2)30(68-10)13-20-69-47(9)45(61)35-33-34(41(59)27(6)44(35)71-47)42(60)38(50-46(22)62)37-36(33)51-48(52-37)14-16-53(17-15-48)18-19-54-28(7)49-21-32(54)55(63)64/h11,13,20-21,23-26,30-31,39-40,43,57-60H,12,14-19H2,1-10H3,(H,50,62)(H,65,66,67)/t23-,24+,25-,26-,30+,31?,39+,40-,43-,47+/m1/s1. The van der Waals surface area contributed by atoms with Gasteiger partial charge in [-0.3, -0.25) is 33.8 Å². The van der Waals surface area contributed by atoms with Crippen LogP contribution < -0.4 is 20.8 Å². The summed E-state index contributed by atoms with van der Waals surface area (Å²) in [5.41, 5.74) is -1.67. The molecule has 24 heteroatoms. The molecule has 1 fully saturated rings. The van der Waals surface area contributed by atoms with E-state index in [9.17, 15) is 57.9 Å². The molecule has 7 rings (SSSR count). The first-order valence-corrected chi connectivity index (χ1v) is 25.2. The number of carbonyl (C=O) groups is 3. The highest BCUT2D eigenvalue weighted by Gasteiger charge is 2.50. The molecule has 392 valence electrons. The second kappa shape index (κ2) is 20.1. The van der Waals surface area contributed by atoms with Gasteiger partial charge in [0.15, 0.2) is 17.2 Å². The maximum absolute atomic E-state index is 14.9. The number of phenols is 2. The molecule has 1 amide bonds. The number of esters is 1. The van der Waals surface area contributed by atoms with Gasteiger partial charge in [-0.15, -0.1) is 0 Å². The third-order valence-corrected chi connectivity index (χ3v) is 16.4. The normalized spacial score (nSPS) is 29.2. The number of Topliss-reactive ketones (excluding diaryl/α,β-unsaturated/α-hetero) is 1. The van der Waals surface area contributed by atoms with Crippen molar-refractivity contribution in [2.24, 2.45) is 33.7 Å². The summed E-state index contributed by atoms with van der Waals surface area (Å²) in [5, 5.41) is 59.9. The molecule has 4 bridgehead atoms. The van der Waals surface area contributed by atoms with Crippen LogP contribution in [-0.4, -0.2) is 138 Å². The van der Waals surface area contributed by atoms with Gasteiger partial charge < -0.3 is 54.8 Å². The Kier molecular flexibility index (Phi) is 15.0. The number of piperidine rings is 1. The number of aryl methyl sites for hydroxylation is 1. The first kappa shape index (κ1) is 53.7. The minimum atomic E-state index is -4.93. The van der Waals surface area contributed by atoms with Gasteiger partial charge in [0.25, 0.3) is 21.8 Å². The van der Waals surface area contributed by atoms with E-state index in [0.29, 0.717) is 25.5 Å². The molecular formula is C48H63N7O16S. The second-order valence-electron chi connectivity index (χ2n) is 19.6. The van der Waals surface area contributed by atoms with Crippen LogP contribution in [0, 0.1) is 47.6 Å². The Bertz CT molecular complexity index is 3000. The summed E-state index contributed by atoms with van der Waals surface area (Å²) in [7, 11) is -3.55. The highest BCUT2D eigenvalue weighted by molar-refractivity contribution is 7.86. The molecule has 1 aromatic heterocycles. The number of hydrogen-bond donors (Lipinski definition) is 6. The number of ether oxygens (including phenoxy) is 4. The van der Waals surface area contributed by atoms with E-state index in [2.05, 4.69) is 15.2 Å². The van der Waals surface area contributed by atoms with Crippen molar-refractivity contribution in [1.29, 1.82) is 0 Å². The van der Waals surface area contributed by atoms with Gasteiger partial charge in [0.05, 0.1) is 46.1 Å². The van der Waals surface area contributed by atoms with Gasteiger partial charge in [0, 0.05) is 101 Å². The lowest BCUT2D eigenvalue weighted by atomic mass is 9.77. The van der Waals surface area contributed by atoms with E-state index in [-0.39, 0.29) is 74.8 Å². The van der Waals surface area contributed by atoms with Gasteiger partial charge >= 0.3 is 17.6 Å². The smallest absolute Gasteiger partial charge is 0.342 e. The van der Waals surface area contributed by atoms with Crippen molar-refractivity contribution in [1.82, 2.24) is 14.5 Å². The van der Waals surface area contributed by atoms with Gasteiger partial charge in [-0.05, 0) is 31.3 Å². The number of methoxy groups -OCH3 is 1. The van der Waals surface area contributed by atoms with Crippen LogP contribution in [0.1, 0.15) is 89.5 Å². The monoisotopic (exact) mass is 1030 g/mol. The molecule has 1 unspecified atom stereocenters. The van der Waals surface area contributed by atoms with Crippen molar-refractivity contribution in [3.8, 4) is 17.2 Å². The lowest BCUT2D eigenvalue weighted by Crippen LogP contribution is -2.48.